The first kappa shape index (κ1) is 20.2. The Morgan fingerprint density at radius 3 is 2.36 bits per heavy atom. The Balaban J connectivity index is 2.06. The molecule has 0 spiro atoms. The van der Waals surface area contributed by atoms with Crippen molar-refractivity contribution in [1.82, 2.24) is 19.7 Å². The van der Waals surface area contributed by atoms with Crippen LogP contribution in [0.2, 0.25) is 10.0 Å². The number of anilines is 1. The van der Waals surface area contributed by atoms with Gasteiger partial charge in [0, 0.05) is 18.5 Å². The zero-order valence-electron chi connectivity index (χ0n) is 13.5. The smallest absolute Gasteiger partial charge is 0.349 e. The number of halogens is 6. The fourth-order valence-corrected chi connectivity index (χ4v) is 3.16. The fraction of sp³-hybridized carbons (Fsp3) is 0.125. The number of rotatable bonds is 4. The van der Waals surface area contributed by atoms with Gasteiger partial charge in [-0.2, -0.15) is 23.5 Å². The number of nitrogens with one attached hydrogen (secondary N) is 1. The molecule has 0 aliphatic rings. The van der Waals surface area contributed by atoms with Gasteiger partial charge in [0.15, 0.2) is 5.69 Å². The van der Waals surface area contributed by atoms with Gasteiger partial charge in [0.05, 0.1) is 27.5 Å². The monoisotopic (exact) mass is 446 g/mol. The van der Waals surface area contributed by atoms with E-state index in [1.807, 2.05) is 6.07 Å². The molecular weight excluding hydrogens is 440 g/mol. The summed E-state index contributed by atoms with van der Waals surface area (Å²) in [5.74, 6) is 0.172. The highest BCUT2D eigenvalue weighted by Gasteiger charge is 2.32. The quantitative estimate of drug-likeness (QED) is 0.439. The van der Waals surface area contributed by atoms with Gasteiger partial charge in [0.25, 0.3) is 0 Å². The minimum atomic E-state index is -4.62. The lowest BCUT2D eigenvalue weighted by Crippen LogP contribution is -2.12. The molecule has 0 fully saturated rings. The Kier molecular flexibility index (Phi) is 5.65. The summed E-state index contributed by atoms with van der Waals surface area (Å²) in [7, 11) is 0. The first-order chi connectivity index (χ1) is 13.2. The van der Waals surface area contributed by atoms with E-state index < -0.39 is 17.2 Å². The van der Waals surface area contributed by atoms with Gasteiger partial charge in [-0.3, -0.25) is 9.97 Å². The van der Waals surface area contributed by atoms with Crippen molar-refractivity contribution in [3.05, 3.63) is 63.8 Å². The first-order valence-corrected chi connectivity index (χ1v) is 8.63. The van der Waals surface area contributed by atoms with E-state index in [0.717, 1.165) is 16.8 Å². The maximum atomic E-state index is 13.0. The molecule has 0 saturated heterocycles. The third kappa shape index (κ3) is 4.14. The van der Waals surface area contributed by atoms with Gasteiger partial charge in [-0.15, -0.1) is 0 Å². The van der Waals surface area contributed by atoms with Gasteiger partial charge in [-0.05, 0) is 12.1 Å². The zero-order valence-corrected chi connectivity index (χ0v) is 15.8. The van der Waals surface area contributed by atoms with Crippen LogP contribution in [0.25, 0.3) is 5.69 Å². The number of benzene rings is 1. The van der Waals surface area contributed by atoms with Crippen LogP contribution in [0.15, 0.2) is 36.8 Å². The lowest BCUT2D eigenvalue weighted by Gasteiger charge is -2.17. The van der Waals surface area contributed by atoms with E-state index in [1.165, 1.54) is 24.7 Å². The summed E-state index contributed by atoms with van der Waals surface area (Å²) in [6.07, 6.45) is -0.294. The Labute approximate surface area is 171 Å². The van der Waals surface area contributed by atoms with Gasteiger partial charge in [-0.25, -0.2) is 4.68 Å². The van der Waals surface area contributed by atoms with E-state index in [4.69, 9.17) is 40.1 Å². The van der Waals surface area contributed by atoms with Crippen LogP contribution in [0.1, 0.15) is 22.5 Å². The number of alkyl halides is 4. The van der Waals surface area contributed by atoms with E-state index in [0.29, 0.717) is 5.69 Å². The number of nitriles is 1. The molecule has 0 amide bonds. The van der Waals surface area contributed by atoms with Gasteiger partial charge in [-0.1, -0.05) is 34.8 Å². The maximum absolute atomic E-state index is 13.0. The molecule has 1 unspecified atom stereocenters. The second kappa shape index (κ2) is 7.83. The summed E-state index contributed by atoms with van der Waals surface area (Å²) in [5.41, 5.74) is -1.58. The standard InChI is InChI=1S/C16H8Cl3F3N6/c17-10-3-8(16(20,21)22)4-11(18)14(10)28-13(5-9(6-23)27-28)26-15(19)12-7-24-1-2-25-12/h1-5,7,15,26H. The molecule has 2 heterocycles. The number of aromatic nitrogens is 4. The van der Waals surface area contributed by atoms with E-state index in [9.17, 15) is 13.2 Å². The molecule has 28 heavy (non-hydrogen) atoms. The Bertz CT molecular complexity index is 1020. The van der Waals surface area contributed by atoms with E-state index in [2.05, 4.69) is 20.4 Å². The third-order valence-electron chi connectivity index (χ3n) is 3.50. The number of nitrogens with zero attached hydrogens (tertiary/aromatic N) is 5. The summed E-state index contributed by atoms with van der Waals surface area (Å²) < 4.78 is 40.0. The van der Waals surface area contributed by atoms with Crippen LogP contribution in [0.5, 0.6) is 0 Å². The average Bonchev–Trinajstić information content (AvgIpc) is 3.03. The summed E-state index contributed by atoms with van der Waals surface area (Å²) in [5, 5.41) is 15.4. The summed E-state index contributed by atoms with van der Waals surface area (Å²) in [6.45, 7) is 0. The van der Waals surface area contributed by atoms with Gasteiger partial charge in [0.2, 0.25) is 0 Å². The lowest BCUT2D eigenvalue weighted by molar-refractivity contribution is -0.137. The summed E-state index contributed by atoms with van der Waals surface area (Å²) in [6, 6.07) is 4.63. The molecule has 1 atom stereocenters. The van der Waals surface area contributed by atoms with Crippen LogP contribution >= 0.6 is 34.8 Å². The number of hydrogen-bond acceptors (Lipinski definition) is 5. The molecule has 0 saturated carbocycles. The van der Waals surface area contributed by atoms with Crippen LogP contribution in [-0.2, 0) is 6.18 Å². The topological polar surface area (TPSA) is 79.4 Å². The maximum Gasteiger partial charge on any atom is 0.416 e. The summed E-state index contributed by atoms with van der Waals surface area (Å²) >= 11 is 18.3. The molecular formula is C16H8Cl3F3N6. The molecule has 3 aromatic rings. The lowest BCUT2D eigenvalue weighted by atomic mass is 10.2. The van der Waals surface area contributed by atoms with E-state index in [1.54, 1.807) is 0 Å². The van der Waals surface area contributed by atoms with Crippen molar-refractivity contribution < 1.29 is 13.2 Å². The van der Waals surface area contributed by atoms with Crippen molar-refractivity contribution in [2.45, 2.75) is 11.7 Å². The first-order valence-electron chi connectivity index (χ1n) is 7.44. The number of hydrogen-bond donors (Lipinski definition) is 1. The Morgan fingerprint density at radius 2 is 1.82 bits per heavy atom. The molecule has 144 valence electrons. The van der Waals surface area contributed by atoms with Gasteiger partial charge in [0.1, 0.15) is 23.1 Å². The molecule has 6 nitrogen and oxygen atoms in total. The molecule has 0 radical (unpaired) electrons. The van der Waals surface area contributed by atoms with Gasteiger partial charge < -0.3 is 5.32 Å². The molecule has 2 aromatic heterocycles. The van der Waals surface area contributed by atoms with E-state index in [-0.39, 0.29) is 27.2 Å². The molecule has 0 aliphatic carbocycles. The van der Waals surface area contributed by atoms with Crippen LogP contribution in [0.3, 0.4) is 0 Å². The van der Waals surface area contributed by atoms with Crippen LogP contribution < -0.4 is 5.32 Å². The third-order valence-corrected chi connectivity index (χ3v) is 4.41. The molecule has 1 N–H and O–H groups in total. The largest absolute Gasteiger partial charge is 0.416 e. The zero-order chi connectivity index (χ0) is 20.5. The normalized spacial score (nSPS) is 12.5. The van der Waals surface area contributed by atoms with Crippen molar-refractivity contribution in [1.29, 1.82) is 5.26 Å². The minimum Gasteiger partial charge on any atom is -0.349 e. The average molecular weight is 448 g/mol. The van der Waals surface area contributed by atoms with Crippen molar-refractivity contribution in [2.75, 3.05) is 5.32 Å². The predicted molar refractivity (Wildman–Crippen MR) is 97.5 cm³/mol. The molecule has 3 rings (SSSR count). The van der Waals surface area contributed by atoms with Crippen molar-refractivity contribution in [3.8, 4) is 11.8 Å². The molecule has 12 heteroatoms. The highest BCUT2D eigenvalue weighted by Crippen LogP contribution is 2.38. The van der Waals surface area contributed by atoms with Crippen LogP contribution in [-0.4, -0.2) is 19.7 Å². The fourth-order valence-electron chi connectivity index (χ4n) is 2.29. The second-order valence-electron chi connectivity index (χ2n) is 5.36. The van der Waals surface area contributed by atoms with Crippen LogP contribution in [0, 0.1) is 11.3 Å². The SMILES string of the molecule is N#Cc1cc(NC(Cl)c2cnccn2)n(-c2c(Cl)cc(C(F)(F)F)cc2Cl)n1. The Hall–Kier alpha value is -2.54. The predicted octanol–water partition coefficient (Wildman–Crippen LogP) is 5.21. The summed E-state index contributed by atoms with van der Waals surface area (Å²) in [4.78, 5) is 7.95. The molecule has 0 bridgehead atoms. The minimum absolute atomic E-state index is 0.0301. The molecule has 0 aliphatic heterocycles. The van der Waals surface area contributed by atoms with Crippen LogP contribution in [0.4, 0.5) is 19.0 Å². The van der Waals surface area contributed by atoms with Crippen molar-refractivity contribution in [3.63, 3.8) is 0 Å². The van der Waals surface area contributed by atoms with E-state index >= 15 is 0 Å². The highest BCUT2D eigenvalue weighted by molar-refractivity contribution is 6.38. The van der Waals surface area contributed by atoms with Gasteiger partial charge >= 0.3 is 6.18 Å². The highest BCUT2D eigenvalue weighted by atomic mass is 35.5. The Morgan fingerprint density at radius 1 is 1.14 bits per heavy atom. The van der Waals surface area contributed by atoms with Crippen molar-refractivity contribution in [2.24, 2.45) is 0 Å². The second-order valence-corrected chi connectivity index (χ2v) is 6.61. The van der Waals surface area contributed by atoms with Crippen molar-refractivity contribution >= 4 is 40.6 Å². The molecule has 1 aromatic carbocycles.